The number of halogens is 1. The zero-order valence-electron chi connectivity index (χ0n) is 9.90. The molecule has 96 valence electrons. The third-order valence-electron chi connectivity index (χ3n) is 2.13. The van der Waals surface area contributed by atoms with Crippen molar-refractivity contribution in [3.63, 3.8) is 0 Å². The van der Waals surface area contributed by atoms with Gasteiger partial charge in [0, 0.05) is 30.0 Å². The summed E-state index contributed by atoms with van der Waals surface area (Å²) in [6, 6.07) is 1.27. The molecular formula is C10H15BrN2O3S. The topological polar surface area (TPSA) is 68.2 Å². The largest absolute Gasteiger partial charge is 0.347 e. The molecule has 0 aliphatic rings. The summed E-state index contributed by atoms with van der Waals surface area (Å²) in [4.78, 5) is 11.8. The molecule has 0 aromatic carbocycles. The van der Waals surface area contributed by atoms with Crippen LogP contribution in [0.5, 0.6) is 0 Å². The number of hydrogen-bond acceptors (Lipinski definition) is 3. The lowest BCUT2D eigenvalue weighted by molar-refractivity contribution is 0.0935. The van der Waals surface area contributed by atoms with Gasteiger partial charge in [0.2, 0.25) is 0 Å². The summed E-state index contributed by atoms with van der Waals surface area (Å²) >= 11 is 3.27. The molecule has 0 aliphatic carbocycles. The minimum atomic E-state index is -3.09. The van der Waals surface area contributed by atoms with E-state index in [0.717, 1.165) is 10.7 Å². The van der Waals surface area contributed by atoms with Crippen molar-refractivity contribution in [2.45, 2.75) is 13.0 Å². The second-order valence-electron chi connectivity index (χ2n) is 4.12. The van der Waals surface area contributed by atoms with Gasteiger partial charge in [0.05, 0.1) is 5.75 Å². The molecule has 7 heteroatoms. The minimum absolute atomic E-state index is 0.0651. The Morgan fingerprint density at radius 2 is 2.18 bits per heavy atom. The van der Waals surface area contributed by atoms with Crippen LogP contribution in [-0.2, 0) is 16.9 Å². The maximum atomic E-state index is 11.8. The van der Waals surface area contributed by atoms with Gasteiger partial charge < -0.3 is 9.88 Å². The Bertz CT molecular complexity index is 522. The number of carbonyl (C=O) groups is 1. The normalized spacial score (nSPS) is 13.4. The van der Waals surface area contributed by atoms with Crippen LogP contribution in [0, 0.1) is 0 Å². The number of hydrogen-bond donors (Lipinski definition) is 1. The fourth-order valence-corrected chi connectivity index (χ4v) is 3.06. The Labute approximate surface area is 109 Å². The molecule has 1 N–H and O–H groups in total. The van der Waals surface area contributed by atoms with Crippen molar-refractivity contribution < 1.29 is 13.2 Å². The Kier molecular flexibility index (Phi) is 4.37. The quantitative estimate of drug-likeness (QED) is 0.897. The molecule has 1 aromatic heterocycles. The van der Waals surface area contributed by atoms with Crippen LogP contribution >= 0.6 is 15.9 Å². The van der Waals surface area contributed by atoms with Crippen LogP contribution in [0.1, 0.15) is 17.4 Å². The van der Waals surface area contributed by atoms with Crippen molar-refractivity contribution in [1.82, 2.24) is 9.88 Å². The second kappa shape index (κ2) is 5.22. The van der Waals surface area contributed by atoms with E-state index in [1.54, 1.807) is 30.8 Å². The maximum absolute atomic E-state index is 11.8. The van der Waals surface area contributed by atoms with Crippen LogP contribution in [0.15, 0.2) is 16.7 Å². The van der Waals surface area contributed by atoms with E-state index in [-0.39, 0.29) is 11.7 Å². The Hall–Kier alpha value is -0.820. The Morgan fingerprint density at radius 3 is 2.59 bits per heavy atom. The first-order chi connectivity index (χ1) is 7.69. The van der Waals surface area contributed by atoms with E-state index < -0.39 is 15.9 Å². The van der Waals surface area contributed by atoms with Gasteiger partial charge in [0.25, 0.3) is 5.91 Å². The smallest absolute Gasteiger partial charge is 0.268 e. The highest BCUT2D eigenvalue weighted by Gasteiger charge is 2.16. The molecular weight excluding hydrogens is 308 g/mol. The fourth-order valence-electron chi connectivity index (χ4n) is 1.54. The minimum Gasteiger partial charge on any atom is -0.347 e. The molecule has 1 rings (SSSR count). The Balaban J connectivity index is 2.70. The molecule has 0 saturated carbocycles. The molecule has 17 heavy (non-hydrogen) atoms. The molecule has 1 heterocycles. The van der Waals surface area contributed by atoms with Crippen LogP contribution in [0.3, 0.4) is 0 Å². The van der Waals surface area contributed by atoms with E-state index in [0.29, 0.717) is 5.69 Å². The summed E-state index contributed by atoms with van der Waals surface area (Å²) in [7, 11) is -1.34. The first-order valence-electron chi connectivity index (χ1n) is 4.99. The zero-order chi connectivity index (χ0) is 13.2. The van der Waals surface area contributed by atoms with Crippen molar-refractivity contribution in [1.29, 1.82) is 0 Å². The molecule has 0 spiro atoms. The van der Waals surface area contributed by atoms with Gasteiger partial charge in [-0.05, 0) is 28.9 Å². The van der Waals surface area contributed by atoms with E-state index in [2.05, 4.69) is 21.2 Å². The lowest BCUT2D eigenvalue weighted by atomic mass is 10.3. The molecule has 1 amide bonds. The van der Waals surface area contributed by atoms with Crippen molar-refractivity contribution >= 4 is 31.7 Å². The SMILES string of the molecule is CC(CS(C)(=O)=O)NC(=O)c1cc(Br)cn1C. The van der Waals surface area contributed by atoms with Crippen molar-refractivity contribution in [2.24, 2.45) is 7.05 Å². The molecule has 0 radical (unpaired) electrons. The molecule has 0 saturated heterocycles. The average Bonchev–Trinajstić information content (AvgIpc) is 2.41. The molecule has 1 atom stereocenters. The zero-order valence-corrected chi connectivity index (χ0v) is 12.3. The predicted molar refractivity (Wildman–Crippen MR) is 69.8 cm³/mol. The van der Waals surface area contributed by atoms with Crippen LogP contribution in [0.4, 0.5) is 0 Å². The van der Waals surface area contributed by atoms with Crippen molar-refractivity contribution in [3.8, 4) is 0 Å². The number of nitrogens with one attached hydrogen (secondary N) is 1. The van der Waals surface area contributed by atoms with Gasteiger partial charge in [-0.3, -0.25) is 4.79 Å². The van der Waals surface area contributed by atoms with E-state index in [9.17, 15) is 13.2 Å². The van der Waals surface area contributed by atoms with E-state index in [1.165, 1.54) is 0 Å². The summed E-state index contributed by atoms with van der Waals surface area (Å²) in [6.45, 7) is 1.66. The number of rotatable bonds is 4. The van der Waals surface area contributed by atoms with E-state index in [4.69, 9.17) is 0 Å². The number of aryl methyl sites for hydroxylation is 1. The summed E-state index contributed by atoms with van der Waals surface area (Å²) in [5, 5.41) is 2.65. The Morgan fingerprint density at radius 1 is 1.59 bits per heavy atom. The van der Waals surface area contributed by atoms with Gasteiger partial charge in [0.15, 0.2) is 0 Å². The van der Waals surface area contributed by atoms with Crippen molar-refractivity contribution in [2.75, 3.05) is 12.0 Å². The number of carbonyl (C=O) groups excluding carboxylic acids is 1. The van der Waals surface area contributed by atoms with Gasteiger partial charge in [-0.15, -0.1) is 0 Å². The number of sulfone groups is 1. The molecule has 1 aromatic rings. The standard InChI is InChI=1S/C10H15BrN2O3S/c1-7(6-17(3,15)16)12-10(14)9-4-8(11)5-13(9)2/h4-5,7H,6H2,1-3H3,(H,12,14). The molecule has 1 unspecified atom stereocenters. The summed E-state index contributed by atoms with van der Waals surface area (Å²) in [5.41, 5.74) is 0.484. The highest BCUT2D eigenvalue weighted by atomic mass is 79.9. The summed E-state index contributed by atoms with van der Waals surface area (Å²) < 4.78 is 24.6. The van der Waals surface area contributed by atoms with Gasteiger partial charge in [-0.1, -0.05) is 0 Å². The number of amides is 1. The highest BCUT2D eigenvalue weighted by Crippen LogP contribution is 2.13. The van der Waals surface area contributed by atoms with Gasteiger partial charge in [0.1, 0.15) is 15.5 Å². The highest BCUT2D eigenvalue weighted by molar-refractivity contribution is 9.10. The van der Waals surface area contributed by atoms with Gasteiger partial charge >= 0.3 is 0 Å². The summed E-state index contributed by atoms with van der Waals surface area (Å²) in [5.74, 6) is -0.348. The first kappa shape index (κ1) is 14.2. The second-order valence-corrected chi connectivity index (χ2v) is 7.22. The monoisotopic (exact) mass is 322 g/mol. The first-order valence-corrected chi connectivity index (χ1v) is 7.85. The number of nitrogens with zero attached hydrogens (tertiary/aromatic N) is 1. The fraction of sp³-hybridized carbons (Fsp3) is 0.500. The van der Waals surface area contributed by atoms with Crippen molar-refractivity contribution in [3.05, 3.63) is 22.4 Å². The molecule has 0 aliphatic heterocycles. The third-order valence-corrected chi connectivity index (χ3v) is 3.67. The maximum Gasteiger partial charge on any atom is 0.268 e. The van der Waals surface area contributed by atoms with Crippen LogP contribution < -0.4 is 5.32 Å². The summed E-state index contributed by atoms with van der Waals surface area (Å²) in [6.07, 6.45) is 2.91. The van der Waals surface area contributed by atoms with Crippen LogP contribution in [-0.4, -0.2) is 36.9 Å². The van der Waals surface area contributed by atoms with Gasteiger partial charge in [-0.2, -0.15) is 0 Å². The lowest BCUT2D eigenvalue weighted by Gasteiger charge is -2.12. The van der Waals surface area contributed by atoms with Crippen LogP contribution in [0.25, 0.3) is 0 Å². The molecule has 5 nitrogen and oxygen atoms in total. The lowest BCUT2D eigenvalue weighted by Crippen LogP contribution is -2.38. The predicted octanol–water partition coefficient (Wildman–Crippen LogP) is 0.950. The molecule has 0 bridgehead atoms. The molecule has 0 fully saturated rings. The van der Waals surface area contributed by atoms with E-state index >= 15 is 0 Å². The average molecular weight is 323 g/mol. The van der Waals surface area contributed by atoms with Crippen LogP contribution in [0.2, 0.25) is 0 Å². The van der Waals surface area contributed by atoms with E-state index in [1.807, 2.05) is 0 Å². The third kappa shape index (κ3) is 4.51. The number of aromatic nitrogens is 1. The van der Waals surface area contributed by atoms with Gasteiger partial charge in [-0.25, -0.2) is 8.42 Å².